The van der Waals surface area contributed by atoms with Gasteiger partial charge in [0.05, 0.1) is 12.5 Å². The van der Waals surface area contributed by atoms with Gasteiger partial charge in [-0.25, -0.2) is 0 Å². The Kier molecular flexibility index (Phi) is 8.13. The Morgan fingerprint density at radius 3 is 2.74 bits per heavy atom. The zero-order valence-corrected chi connectivity index (χ0v) is 21.6. The van der Waals surface area contributed by atoms with Crippen molar-refractivity contribution in [3.63, 3.8) is 0 Å². The summed E-state index contributed by atoms with van der Waals surface area (Å²) in [6, 6.07) is 5.76. The van der Waals surface area contributed by atoms with E-state index in [9.17, 15) is 9.59 Å². The first-order valence-corrected chi connectivity index (χ1v) is 13.5. The Morgan fingerprint density at radius 1 is 1.24 bits per heavy atom. The van der Waals surface area contributed by atoms with E-state index in [0.717, 1.165) is 38.5 Å². The Morgan fingerprint density at radius 2 is 2.03 bits per heavy atom. The summed E-state index contributed by atoms with van der Waals surface area (Å²) < 4.78 is 11.5. The molecule has 3 aliphatic rings. The molecule has 3 aliphatic carbocycles. The summed E-state index contributed by atoms with van der Waals surface area (Å²) in [7, 11) is 0. The summed E-state index contributed by atoms with van der Waals surface area (Å²) in [6.07, 6.45) is 6.19. The predicted molar refractivity (Wildman–Crippen MR) is 133 cm³/mol. The molecule has 6 unspecified atom stereocenters. The van der Waals surface area contributed by atoms with Crippen LogP contribution in [0, 0.1) is 17.3 Å². The van der Waals surface area contributed by atoms with Crippen molar-refractivity contribution < 1.29 is 19.1 Å². The third-order valence-corrected chi connectivity index (χ3v) is 8.90. The van der Waals surface area contributed by atoms with Crippen molar-refractivity contribution in [2.45, 2.75) is 70.4 Å². The van der Waals surface area contributed by atoms with E-state index in [4.69, 9.17) is 38.4 Å². The molecule has 4 rings (SSSR count). The number of carbonyl (C=O) groups is 2. The van der Waals surface area contributed by atoms with Gasteiger partial charge in [-0.05, 0) is 86.5 Å². The lowest BCUT2D eigenvalue weighted by Gasteiger charge is -2.50. The van der Waals surface area contributed by atoms with Crippen LogP contribution in [0.3, 0.4) is 0 Å². The molecule has 0 saturated heterocycles. The van der Waals surface area contributed by atoms with Crippen molar-refractivity contribution in [2.24, 2.45) is 23.0 Å². The van der Waals surface area contributed by atoms with E-state index in [1.54, 1.807) is 11.8 Å². The first-order valence-electron chi connectivity index (χ1n) is 12.4. The van der Waals surface area contributed by atoms with E-state index in [2.05, 4.69) is 13.0 Å². The van der Waals surface area contributed by atoms with Gasteiger partial charge in [0.1, 0.15) is 17.9 Å². The normalized spacial score (nSPS) is 30.8. The van der Waals surface area contributed by atoms with Gasteiger partial charge >= 0.3 is 11.9 Å². The molecule has 8 heteroatoms. The number of rotatable bonds is 8. The molecule has 0 spiro atoms. The zero-order chi connectivity index (χ0) is 24.5. The first-order chi connectivity index (χ1) is 16.3. The number of hydrogen-bond donors (Lipinski definition) is 1. The highest BCUT2D eigenvalue weighted by atomic mass is 35.5. The average molecular weight is 511 g/mol. The number of nitrogens with zero attached hydrogens (tertiary/aromatic N) is 1. The Labute approximate surface area is 212 Å². The molecule has 0 heterocycles. The second-order valence-corrected chi connectivity index (χ2v) is 11.1. The van der Waals surface area contributed by atoms with Gasteiger partial charge in [0, 0.05) is 17.8 Å². The van der Waals surface area contributed by atoms with Crippen LogP contribution >= 0.6 is 23.2 Å². The van der Waals surface area contributed by atoms with Crippen LogP contribution in [0.15, 0.2) is 18.2 Å². The third kappa shape index (κ3) is 5.11. The van der Waals surface area contributed by atoms with E-state index < -0.39 is 6.04 Å². The van der Waals surface area contributed by atoms with Gasteiger partial charge in [-0.3, -0.25) is 14.5 Å². The second kappa shape index (κ2) is 10.7. The van der Waals surface area contributed by atoms with Crippen LogP contribution < -0.4 is 10.5 Å². The minimum atomic E-state index is -0.581. The van der Waals surface area contributed by atoms with E-state index in [0.29, 0.717) is 35.9 Å². The number of alkyl halides is 2. The van der Waals surface area contributed by atoms with E-state index in [1.807, 2.05) is 12.1 Å². The number of carbonyl (C=O) groups excluding carboxylic acids is 2. The number of hydrogen-bond acceptors (Lipinski definition) is 6. The maximum Gasteiger partial charge on any atom is 0.325 e. The van der Waals surface area contributed by atoms with Gasteiger partial charge in [-0.1, -0.05) is 13.0 Å². The topological polar surface area (TPSA) is 81.9 Å². The summed E-state index contributed by atoms with van der Waals surface area (Å²) >= 11 is 11.6. The number of ether oxygens (including phenoxy) is 2. The predicted octanol–water partition coefficient (Wildman–Crippen LogP) is 4.44. The summed E-state index contributed by atoms with van der Waals surface area (Å²) in [6.45, 7) is 4.66. The summed E-state index contributed by atoms with van der Waals surface area (Å²) in [4.78, 5) is 26.3. The maximum absolute atomic E-state index is 12.4. The monoisotopic (exact) mass is 510 g/mol. The van der Waals surface area contributed by atoms with E-state index in [-0.39, 0.29) is 36.0 Å². The minimum Gasteiger partial charge on any atom is -0.461 e. The Hall–Kier alpha value is -1.34. The molecule has 0 radical (unpaired) electrons. The van der Waals surface area contributed by atoms with Crippen LogP contribution in [0.4, 0.5) is 0 Å². The molecule has 2 saturated carbocycles. The van der Waals surface area contributed by atoms with Crippen molar-refractivity contribution in [3.8, 4) is 5.75 Å². The molecule has 188 valence electrons. The lowest BCUT2D eigenvalue weighted by atomic mass is 9.55. The van der Waals surface area contributed by atoms with E-state index >= 15 is 0 Å². The molecular weight excluding hydrogens is 475 g/mol. The van der Waals surface area contributed by atoms with Gasteiger partial charge in [0.15, 0.2) is 0 Å². The van der Waals surface area contributed by atoms with E-state index in [1.165, 1.54) is 11.1 Å². The fourth-order valence-electron chi connectivity index (χ4n) is 6.66. The van der Waals surface area contributed by atoms with Crippen LogP contribution in [0.2, 0.25) is 0 Å². The van der Waals surface area contributed by atoms with Crippen molar-refractivity contribution in [2.75, 3.05) is 25.0 Å². The summed E-state index contributed by atoms with van der Waals surface area (Å²) in [5.41, 5.74) is 8.44. The van der Waals surface area contributed by atoms with Crippen LogP contribution in [0.25, 0.3) is 0 Å². The SMILES string of the molecule is CC(N)C(=O)OC1CCC2C3CCc4cc(OC(=O)CN(CCl)CCCl)ccc4C3CCC12C. The Balaban J connectivity index is 1.44. The average Bonchev–Trinajstić information content (AvgIpc) is 3.14. The highest BCUT2D eigenvalue weighted by molar-refractivity contribution is 6.18. The molecule has 2 N–H and O–H groups in total. The molecule has 0 aromatic heterocycles. The van der Waals surface area contributed by atoms with Crippen molar-refractivity contribution in [1.29, 1.82) is 0 Å². The molecule has 1 aromatic carbocycles. The van der Waals surface area contributed by atoms with Gasteiger partial charge in [0.2, 0.25) is 0 Å². The lowest BCUT2D eigenvalue weighted by molar-refractivity contribution is -0.158. The number of esters is 2. The smallest absolute Gasteiger partial charge is 0.325 e. The molecule has 6 nitrogen and oxygen atoms in total. The van der Waals surface area contributed by atoms with Crippen LogP contribution in [-0.4, -0.2) is 54.0 Å². The van der Waals surface area contributed by atoms with Gasteiger partial charge in [-0.15, -0.1) is 23.2 Å². The highest BCUT2D eigenvalue weighted by Gasteiger charge is 2.56. The molecule has 1 aromatic rings. The van der Waals surface area contributed by atoms with Crippen molar-refractivity contribution in [1.82, 2.24) is 4.90 Å². The van der Waals surface area contributed by atoms with Crippen LogP contribution in [0.5, 0.6) is 5.75 Å². The maximum atomic E-state index is 12.4. The Bertz CT molecular complexity index is 911. The van der Waals surface area contributed by atoms with Crippen molar-refractivity contribution in [3.05, 3.63) is 29.3 Å². The van der Waals surface area contributed by atoms with Crippen LogP contribution in [0.1, 0.15) is 63.0 Å². The molecule has 2 fully saturated rings. The zero-order valence-electron chi connectivity index (χ0n) is 20.1. The molecule has 0 bridgehead atoms. The highest BCUT2D eigenvalue weighted by Crippen LogP contribution is 2.61. The first kappa shape index (κ1) is 25.7. The largest absolute Gasteiger partial charge is 0.461 e. The summed E-state index contributed by atoms with van der Waals surface area (Å²) in [5.74, 6) is 2.03. The molecule has 34 heavy (non-hydrogen) atoms. The minimum absolute atomic E-state index is 0.0238. The van der Waals surface area contributed by atoms with Gasteiger partial charge in [-0.2, -0.15) is 0 Å². The molecule has 0 aliphatic heterocycles. The third-order valence-electron chi connectivity index (χ3n) is 8.40. The van der Waals surface area contributed by atoms with Crippen molar-refractivity contribution >= 4 is 35.1 Å². The quantitative estimate of drug-likeness (QED) is 0.241. The number of benzene rings is 1. The number of nitrogens with two attached hydrogens (primary N) is 1. The number of fused-ring (bicyclic) bond motifs is 5. The second-order valence-electron chi connectivity index (χ2n) is 10.4. The lowest BCUT2D eigenvalue weighted by Crippen LogP contribution is -2.46. The number of aryl methyl sites for hydroxylation is 1. The summed E-state index contributed by atoms with van der Waals surface area (Å²) in [5, 5.41) is 0. The molecule has 0 amide bonds. The fraction of sp³-hybridized carbons (Fsp3) is 0.692. The van der Waals surface area contributed by atoms with Gasteiger partial charge in [0.25, 0.3) is 0 Å². The molecular formula is C26H36Cl2N2O4. The fourth-order valence-corrected chi connectivity index (χ4v) is 7.11. The molecule has 6 atom stereocenters. The van der Waals surface area contributed by atoms with Gasteiger partial charge < -0.3 is 15.2 Å². The number of halogens is 2. The standard InChI is InChI=1S/C26H36Cl2N2O4/c1-16(29)25(32)34-23-8-7-22-21-5-3-17-13-18(33-24(31)14-30(15-28)12-11-27)4-6-19(17)20(21)9-10-26(22,23)2/h4,6,13,16,20-23H,3,5,7-12,14-15,29H2,1-2H3. The van der Waals surface area contributed by atoms with Crippen LogP contribution in [-0.2, 0) is 20.7 Å².